The van der Waals surface area contributed by atoms with Crippen LogP contribution in [0.15, 0.2) is 59.5 Å². The Morgan fingerprint density at radius 2 is 1.76 bits per heavy atom. The topological polar surface area (TPSA) is 120 Å². The molecule has 9 nitrogen and oxygen atoms in total. The highest BCUT2D eigenvalue weighted by Gasteiger charge is 2.32. The van der Waals surface area contributed by atoms with Crippen LogP contribution in [0.1, 0.15) is 23.7 Å². The second-order valence-electron chi connectivity index (χ2n) is 7.86. The fourth-order valence-electron chi connectivity index (χ4n) is 3.73. The van der Waals surface area contributed by atoms with E-state index >= 15 is 0 Å². The first-order valence-electron chi connectivity index (χ1n) is 10.6. The quantitative estimate of drug-likeness (QED) is 0.453. The molecule has 2 aromatic heterocycles. The van der Waals surface area contributed by atoms with Crippen molar-refractivity contribution in [3.63, 3.8) is 0 Å². The number of nitrogens with two attached hydrogens (primary N) is 1. The number of rotatable bonds is 5. The molecule has 0 aliphatic rings. The molecule has 0 aliphatic carbocycles. The van der Waals surface area contributed by atoms with Gasteiger partial charge in [-0.05, 0) is 69.7 Å². The Balaban J connectivity index is 1.90. The van der Waals surface area contributed by atoms with Crippen molar-refractivity contribution in [3.05, 3.63) is 71.4 Å². The molecule has 4 aromatic rings. The molecule has 1 amide bonds. The van der Waals surface area contributed by atoms with Gasteiger partial charge in [0.25, 0.3) is 10.0 Å². The minimum atomic E-state index is -4.26. The maximum atomic E-state index is 13.5. The maximum absolute atomic E-state index is 13.5. The molecule has 2 N–H and O–H groups in total. The molecular weight excluding hydrogens is 454 g/mol. The van der Waals surface area contributed by atoms with Gasteiger partial charge in [0.2, 0.25) is 5.95 Å². The van der Waals surface area contributed by atoms with E-state index < -0.39 is 16.1 Å². The molecule has 0 fully saturated rings. The first-order valence-corrected chi connectivity index (χ1v) is 12.1. The summed E-state index contributed by atoms with van der Waals surface area (Å²) in [6, 6.07) is 14.6. The number of amides is 1. The molecule has 0 saturated carbocycles. The molecule has 0 aliphatic heterocycles. The normalized spacial score (nSPS) is 11.5. The summed E-state index contributed by atoms with van der Waals surface area (Å²) in [5.74, 6) is 0.192. The monoisotopic (exact) mass is 479 g/mol. The molecule has 0 atom stereocenters. The van der Waals surface area contributed by atoms with E-state index in [0.29, 0.717) is 21.2 Å². The predicted molar refractivity (Wildman–Crippen MR) is 131 cm³/mol. The molecule has 10 heteroatoms. The van der Waals surface area contributed by atoms with Gasteiger partial charge >= 0.3 is 6.09 Å². The number of nitrogens with zero attached hydrogens (tertiary/aromatic N) is 4. The second kappa shape index (κ2) is 8.79. The van der Waals surface area contributed by atoms with E-state index in [4.69, 9.17) is 10.5 Å². The van der Waals surface area contributed by atoms with E-state index in [9.17, 15) is 13.2 Å². The number of aromatic nitrogens is 3. The van der Waals surface area contributed by atoms with E-state index in [1.54, 1.807) is 41.8 Å². The predicted octanol–water partition coefficient (Wildman–Crippen LogP) is 4.28. The third-order valence-corrected chi connectivity index (χ3v) is 6.98. The fourth-order valence-corrected chi connectivity index (χ4v) is 5.06. The zero-order valence-electron chi connectivity index (χ0n) is 19.3. The first kappa shape index (κ1) is 23.2. The van der Waals surface area contributed by atoms with Gasteiger partial charge in [-0.15, -0.1) is 0 Å². The Bertz CT molecular complexity index is 1490. The zero-order valence-corrected chi connectivity index (χ0v) is 20.1. The molecule has 176 valence electrons. The van der Waals surface area contributed by atoms with Crippen LogP contribution < -0.4 is 10.0 Å². The van der Waals surface area contributed by atoms with Crippen molar-refractivity contribution in [1.29, 1.82) is 0 Å². The number of imidazole rings is 1. The molecule has 4 rings (SSSR count). The van der Waals surface area contributed by atoms with Crippen molar-refractivity contribution >= 4 is 38.9 Å². The summed E-state index contributed by atoms with van der Waals surface area (Å²) >= 11 is 0. The molecule has 0 bridgehead atoms. The summed E-state index contributed by atoms with van der Waals surface area (Å²) in [5, 5.41) is 0. The zero-order chi connectivity index (χ0) is 24.6. The number of aryl methyl sites for hydroxylation is 3. The first-order chi connectivity index (χ1) is 16.1. The van der Waals surface area contributed by atoms with Gasteiger partial charge in [0.05, 0.1) is 22.9 Å². The Labute approximate surface area is 197 Å². The maximum Gasteiger partial charge on any atom is 0.428 e. The highest BCUT2D eigenvalue weighted by atomic mass is 32.2. The minimum Gasteiger partial charge on any atom is -0.449 e. The highest BCUT2D eigenvalue weighted by Crippen LogP contribution is 2.30. The minimum absolute atomic E-state index is 0.0139. The number of fused-ring (bicyclic) bond motifs is 1. The SMILES string of the molecule is CCOC(=O)N(c1cccc(-n2c(N)nc3c(C)cc(C)nc32)c1)S(=O)(=O)c1ccc(C)cc1. The van der Waals surface area contributed by atoms with Gasteiger partial charge in [0.15, 0.2) is 5.65 Å². The van der Waals surface area contributed by atoms with Crippen molar-refractivity contribution in [2.75, 3.05) is 16.6 Å². The largest absolute Gasteiger partial charge is 0.449 e. The van der Waals surface area contributed by atoms with E-state index in [2.05, 4.69) is 9.97 Å². The number of hydrogen-bond acceptors (Lipinski definition) is 7. The molecule has 2 aromatic carbocycles. The summed E-state index contributed by atoms with van der Waals surface area (Å²) in [6.07, 6.45) is -1.01. The molecule has 0 unspecified atom stereocenters. The van der Waals surface area contributed by atoms with Gasteiger partial charge in [-0.2, -0.15) is 4.31 Å². The number of ether oxygens (including phenoxy) is 1. The Hall–Kier alpha value is -3.92. The van der Waals surface area contributed by atoms with Crippen LogP contribution in [-0.2, 0) is 14.8 Å². The molecule has 0 spiro atoms. The number of pyridine rings is 1. The van der Waals surface area contributed by atoms with Gasteiger partial charge in [-0.1, -0.05) is 23.8 Å². The number of benzene rings is 2. The smallest absolute Gasteiger partial charge is 0.428 e. The third kappa shape index (κ3) is 4.08. The van der Waals surface area contributed by atoms with Crippen molar-refractivity contribution in [3.8, 4) is 5.69 Å². The summed E-state index contributed by atoms with van der Waals surface area (Å²) in [7, 11) is -4.26. The van der Waals surface area contributed by atoms with Gasteiger partial charge in [-0.3, -0.25) is 4.57 Å². The lowest BCUT2D eigenvalue weighted by molar-refractivity contribution is 0.164. The number of anilines is 2. The molecule has 34 heavy (non-hydrogen) atoms. The molecular formula is C24H25N5O4S. The fraction of sp³-hybridized carbons (Fsp3) is 0.208. The standard InChI is InChI=1S/C24H25N5O4S/c1-5-33-24(30)29(34(31,32)20-11-9-15(2)10-12-20)19-8-6-7-18(14-19)28-22-21(27-23(28)25)16(3)13-17(4)26-22/h6-14H,5H2,1-4H3,(H2,25,27). The van der Waals surface area contributed by atoms with Crippen molar-refractivity contribution in [1.82, 2.24) is 14.5 Å². The van der Waals surface area contributed by atoms with Crippen LogP contribution in [0, 0.1) is 20.8 Å². The van der Waals surface area contributed by atoms with Crippen LogP contribution >= 0.6 is 0 Å². The van der Waals surface area contributed by atoms with Crippen LogP contribution in [0.2, 0.25) is 0 Å². The summed E-state index contributed by atoms with van der Waals surface area (Å²) in [6.45, 7) is 7.26. The van der Waals surface area contributed by atoms with Gasteiger partial charge in [0.1, 0.15) is 5.52 Å². The Kier molecular flexibility index (Phi) is 6.01. The van der Waals surface area contributed by atoms with E-state index in [0.717, 1.165) is 16.8 Å². The lowest BCUT2D eigenvalue weighted by Crippen LogP contribution is -2.37. The average Bonchev–Trinajstić information content (AvgIpc) is 3.10. The number of nitrogen functional groups attached to an aromatic ring is 1. The van der Waals surface area contributed by atoms with Gasteiger partial charge < -0.3 is 10.5 Å². The van der Waals surface area contributed by atoms with Crippen LogP contribution in [0.5, 0.6) is 0 Å². The Morgan fingerprint density at radius 1 is 1.06 bits per heavy atom. The van der Waals surface area contributed by atoms with E-state index in [1.165, 1.54) is 18.2 Å². The van der Waals surface area contributed by atoms with Crippen LogP contribution in [0.3, 0.4) is 0 Å². The number of carbonyl (C=O) groups excluding carboxylic acids is 1. The lowest BCUT2D eigenvalue weighted by Gasteiger charge is -2.22. The van der Waals surface area contributed by atoms with E-state index in [1.807, 2.05) is 26.8 Å². The van der Waals surface area contributed by atoms with Crippen LogP contribution in [-0.4, -0.2) is 35.7 Å². The number of hydrogen-bond donors (Lipinski definition) is 1. The van der Waals surface area contributed by atoms with Crippen molar-refractivity contribution < 1.29 is 17.9 Å². The average molecular weight is 480 g/mol. The molecule has 0 radical (unpaired) electrons. The van der Waals surface area contributed by atoms with Crippen molar-refractivity contribution in [2.45, 2.75) is 32.6 Å². The third-order valence-electron chi connectivity index (χ3n) is 5.28. The lowest BCUT2D eigenvalue weighted by atomic mass is 10.2. The van der Waals surface area contributed by atoms with Crippen LogP contribution in [0.25, 0.3) is 16.9 Å². The Morgan fingerprint density at radius 3 is 2.44 bits per heavy atom. The number of carbonyl (C=O) groups is 1. The molecule has 0 saturated heterocycles. The summed E-state index contributed by atoms with van der Waals surface area (Å²) in [5.41, 5.74) is 10.6. The van der Waals surface area contributed by atoms with E-state index in [-0.39, 0.29) is 23.1 Å². The highest BCUT2D eigenvalue weighted by molar-refractivity contribution is 7.93. The summed E-state index contributed by atoms with van der Waals surface area (Å²) in [4.78, 5) is 21.8. The van der Waals surface area contributed by atoms with Crippen LogP contribution in [0.4, 0.5) is 16.4 Å². The molecule has 2 heterocycles. The van der Waals surface area contributed by atoms with Gasteiger partial charge in [-0.25, -0.2) is 23.2 Å². The van der Waals surface area contributed by atoms with Gasteiger partial charge in [0, 0.05) is 5.69 Å². The van der Waals surface area contributed by atoms with Crippen molar-refractivity contribution in [2.24, 2.45) is 0 Å². The summed E-state index contributed by atoms with van der Waals surface area (Å²) < 4.78 is 34.4. The second-order valence-corrected chi connectivity index (χ2v) is 9.65. The number of sulfonamides is 1.